The van der Waals surface area contributed by atoms with Gasteiger partial charge in [-0.15, -0.1) is 0 Å². The molecule has 1 aliphatic carbocycles. The molecule has 6 heteroatoms. The van der Waals surface area contributed by atoms with E-state index in [0.29, 0.717) is 12.3 Å². The van der Waals surface area contributed by atoms with Crippen molar-refractivity contribution < 1.29 is 14.7 Å². The first-order chi connectivity index (χ1) is 8.58. The van der Waals surface area contributed by atoms with Crippen LogP contribution in [0.1, 0.15) is 26.2 Å². The molecule has 18 heavy (non-hydrogen) atoms. The van der Waals surface area contributed by atoms with E-state index in [1.54, 1.807) is 11.8 Å². The van der Waals surface area contributed by atoms with Crippen LogP contribution in [0.2, 0.25) is 0 Å². The number of carbonyl (C=O) groups is 2. The minimum absolute atomic E-state index is 0.133. The lowest BCUT2D eigenvalue weighted by Crippen LogP contribution is -2.55. The highest BCUT2D eigenvalue weighted by molar-refractivity contribution is 7.99. The smallest absolute Gasteiger partial charge is 0.327 e. The summed E-state index contributed by atoms with van der Waals surface area (Å²) in [5, 5.41) is 12.0. The van der Waals surface area contributed by atoms with Crippen molar-refractivity contribution >= 4 is 23.8 Å². The molecule has 1 heterocycles. The average molecular weight is 272 g/mol. The first-order valence-corrected chi connectivity index (χ1v) is 7.61. The molecule has 0 aromatic heterocycles. The lowest BCUT2D eigenvalue weighted by atomic mass is 10.1. The van der Waals surface area contributed by atoms with Crippen molar-refractivity contribution in [3.63, 3.8) is 0 Å². The number of carboxylic acids is 1. The molecule has 1 saturated carbocycles. The Morgan fingerprint density at radius 3 is 2.83 bits per heavy atom. The number of urea groups is 1. The van der Waals surface area contributed by atoms with Gasteiger partial charge in [0.1, 0.15) is 6.04 Å². The minimum Gasteiger partial charge on any atom is -0.480 e. The number of carboxylic acid groups (broad SMARTS) is 1. The number of nitrogens with zero attached hydrogens (tertiary/aromatic N) is 1. The minimum atomic E-state index is -0.910. The molecule has 0 spiro atoms. The monoisotopic (exact) mass is 272 g/mol. The van der Waals surface area contributed by atoms with Crippen LogP contribution in [0.25, 0.3) is 0 Å². The van der Waals surface area contributed by atoms with E-state index in [1.807, 2.05) is 6.92 Å². The molecule has 0 radical (unpaired) electrons. The summed E-state index contributed by atoms with van der Waals surface area (Å²) in [6.07, 6.45) is 3.53. The van der Waals surface area contributed by atoms with Gasteiger partial charge in [0.15, 0.2) is 0 Å². The molecule has 2 atom stereocenters. The van der Waals surface area contributed by atoms with E-state index >= 15 is 0 Å². The topological polar surface area (TPSA) is 69.6 Å². The standard InChI is InChI=1S/C12H20N2O3S/c1-8(6-9-2-3-9)13-12(17)14-4-5-18-7-10(14)11(15)16/h8-10H,2-7H2,1H3,(H,13,17)(H,15,16). The second-order valence-corrected chi connectivity index (χ2v) is 6.30. The van der Waals surface area contributed by atoms with Crippen LogP contribution in [0.15, 0.2) is 0 Å². The van der Waals surface area contributed by atoms with Crippen LogP contribution < -0.4 is 5.32 Å². The van der Waals surface area contributed by atoms with Crippen molar-refractivity contribution in [2.24, 2.45) is 5.92 Å². The van der Waals surface area contributed by atoms with Gasteiger partial charge in [0.05, 0.1) is 0 Å². The molecule has 2 fully saturated rings. The largest absolute Gasteiger partial charge is 0.480 e. The highest BCUT2D eigenvalue weighted by Crippen LogP contribution is 2.33. The van der Waals surface area contributed by atoms with Gasteiger partial charge in [0.2, 0.25) is 0 Å². The molecule has 2 aliphatic rings. The summed E-state index contributed by atoms with van der Waals surface area (Å²) in [5.41, 5.74) is 0. The molecule has 0 bridgehead atoms. The van der Waals surface area contributed by atoms with E-state index in [2.05, 4.69) is 5.32 Å². The fourth-order valence-corrected chi connectivity index (χ4v) is 3.30. The zero-order valence-corrected chi connectivity index (χ0v) is 11.4. The number of nitrogens with one attached hydrogen (secondary N) is 1. The van der Waals surface area contributed by atoms with Gasteiger partial charge in [-0.05, 0) is 19.3 Å². The number of rotatable bonds is 4. The van der Waals surface area contributed by atoms with E-state index in [0.717, 1.165) is 18.1 Å². The summed E-state index contributed by atoms with van der Waals surface area (Å²) < 4.78 is 0. The number of aliphatic carboxylic acids is 1. The third-order valence-corrected chi connectivity index (χ3v) is 4.45. The highest BCUT2D eigenvalue weighted by Gasteiger charge is 2.33. The fraction of sp³-hybridized carbons (Fsp3) is 0.833. The van der Waals surface area contributed by atoms with Crippen molar-refractivity contribution in [1.82, 2.24) is 10.2 Å². The van der Waals surface area contributed by atoms with Gasteiger partial charge in [-0.3, -0.25) is 0 Å². The van der Waals surface area contributed by atoms with Gasteiger partial charge in [-0.1, -0.05) is 12.8 Å². The average Bonchev–Trinajstić information content (AvgIpc) is 3.12. The van der Waals surface area contributed by atoms with Gasteiger partial charge >= 0.3 is 12.0 Å². The number of hydrogen-bond donors (Lipinski definition) is 2. The maximum atomic E-state index is 12.1. The molecule has 1 saturated heterocycles. The van der Waals surface area contributed by atoms with Gasteiger partial charge in [-0.25, -0.2) is 9.59 Å². The summed E-state index contributed by atoms with van der Waals surface area (Å²) >= 11 is 1.59. The van der Waals surface area contributed by atoms with E-state index in [4.69, 9.17) is 5.11 Å². The van der Waals surface area contributed by atoms with Crippen LogP contribution in [-0.2, 0) is 4.79 Å². The van der Waals surface area contributed by atoms with E-state index in [1.165, 1.54) is 17.7 Å². The first kappa shape index (κ1) is 13.5. The lowest BCUT2D eigenvalue weighted by molar-refractivity contribution is -0.141. The maximum absolute atomic E-state index is 12.1. The molecule has 102 valence electrons. The van der Waals surface area contributed by atoms with Crippen molar-refractivity contribution in [1.29, 1.82) is 0 Å². The van der Waals surface area contributed by atoms with Crippen molar-refractivity contribution in [3.8, 4) is 0 Å². The fourth-order valence-electron chi connectivity index (χ4n) is 2.26. The van der Waals surface area contributed by atoms with Crippen LogP contribution >= 0.6 is 11.8 Å². The van der Waals surface area contributed by atoms with Crippen molar-refractivity contribution in [2.45, 2.75) is 38.3 Å². The molecular weight excluding hydrogens is 252 g/mol. The Morgan fingerprint density at radius 2 is 2.22 bits per heavy atom. The molecule has 1 aliphatic heterocycles. The van der Waals surface area contributed by atoms with Gasteiger partial charge in [0, 0.05) is 24.1 Å². The van der Waals surface area contributed by atoms with Crippen LogP contribution in [0.3, 0.4) is 0 Å². The Hall–Kier alpha value is -0.910. The number of carbonyl (C=O) groups excluding carboxylic acids is 1. The lowest BCUT2D eigenvalue weighted by Gasteiger charge is -2.33. The SMILES string of the molecule is CC(CC1CC1)NC(=O)N1CCSCC1C(=O)O. The molecule has 2 rings (SSSR count). The predicted octanol–water partition coefficient (Wildman–Crippen LogP) is 1.39. The third-order valence-electron chi connectivity index (χ3n) is 3.43. The summed E-state index contributed by atoms with van der Waals surface area (Å²) in [6.45, 7) is 2.51. The molecule has 2 unspecified atom stereocenters. The third kappa shape index (κ3) is 3.54. The van der Waals surface area contributed by atoms with Gasteiger partial charge in [-0.2, -0.15) is 11.8 Å². The zero-order chi connectivity index (χ0) is 13.1. The Bertz CT molecular complexity index is 333. The summed E-state index contributed by atoms with van der Waals surface area (Å²) in [7, 11) is 0. The second-order valence-electron chi connectivity index (χ2n) is 5.15. The predicted molar refractivity (Wildman–Crippen MR) is 70.8 cm³/mol. The zero-order valence-electron chi connectivity index (χ0n) is 10.6. The van der Waals surface area contributed by atoms with Gasteiger partial charge < -0.3 is 15.3 Å². The molecule has 2 amide bonds. The van der Waals surface area contributed by atoms with Gasteiger partial charge in [0.25, 0.3) is 0 Å². The van der Waals surface area contributed by atoms with Crippen LogP contribution in [-0.4, -0.2) is 52.1 Å². The van der Waals surface area contributed by atoms with Crippen LogP contribution in [0.5, 0.6) is 0 Å². The van der Waals surface area contributed by atoms with Crippen LogP contribution in [0.4, 0.5) is 4.79 Å². The Kier molecular flexibility index (Phi) is 4.37. The Balaban J connectivity index is 1.86. The summed E-state index contributed by atoms with van der Waals surface area (Å²) in [5.74, 6) is 1.15. The highest BCUT2D eigenvalue weighted by atomic mass is 32.2. The summed E-state index contributed by atoms with van der Waals surface area (Å²) in [6, 6.07) is -0.776. The second kappa shape index (κ2) is 5.82. The number of amides is 2. The van der Waals surface area contributed by atoms with Crippen molar-refractivity contribution in [3.05, 3.63) is 0 Å². The molecule has 0 aromatic rings. The first-order valence-electron chi connectivity index (χ1n) is 6.45. The van der Waals surface area contributed by atoms with E-state index in [-0.39, 0.29) is 12.1 Å². The van der Waals surface area contributed by atoms with E-state index < -0.39 is 12.0 Å². The van der Waals surface area contributed by atoms with Crippen molar-refractivity contribution in [2.75, 3.05) is 18.1 Å². The number of hydrogen-bond acceptors (Lipinski definition) is 3. The summed E-state index contributed by atoms with van der Waals surface area (Å²) in [4.78, 5) is 24.6. The molecule has 2 N–H and O–H groups in total. The molecule has 5 nitrogen and oxygen atoms in total. The normalized spacial score (nSPS) is 25.6. The number of thioether (sulfide) groups is 1. The molecule has 0 aromatic carbocycles. The van der Waals surface area contributed by atoms with Crippen LogP contribution in [0, 0.1) is 5.92 Å². The quantitative estimate of drug-likeness (QED) is 0.811. The maximum Gasteiger partial charge on any atom is 0.327 e. The van der Waals surface area contributed by atoms with E-state index in [9.17, 15) is 9.59 Å². The Morgan fingerprint density at radius 1 is 1.50 bits per heavy atom. The molecular formula is C12H20N2O3S. The Labute approximate surface area is 111 Å².